The van der Waals surface area contributed by atoms with Crippen molar-refractivity contribution in [1.29, 1.82) is 0 Å². The highest BCUT2D eigenvalue weighted by atomic mass is 31.2. The van der Waals surface area contributed by atoms with Gasteiger partial charge in [0, 0.05) is 25.7 Å². The minimum absolute atomic E-state index is 0.107. The average molecular weight is 1370 g/mol. The van der Waals surface area contributed by atoms with Crippen molar-refractivity contribution in [2.75, 3.05) is 39.6 Å². The first kappa shape index (κ1) is 91.1. The number of phosphoric ester groups is 2. The number of phosphoric acid groups is 2. The standard InChI is InChI=1S/C74H144O17P2/c1-7-10-12-14-16-18-32-38-44-50-56-71(76)84-62-69(90-73(78)58-52-46-40-33-19-17-15-13-11-8-2)64-88-92(80,81)86-60-68(75)61-87-93(82,83)89-65-70(63-85-72(77)57-51-45-39-34-29-28-31-37-43-49-55-67(6)9-3)91-74(79)59-53-47-41-35-27-25-23-21-20-22-24-26-30-36-42-48-54-66(4)5/h66-70,75H,7-65H2,1-6H3,(H,80,81)(H,82,83)/t67?,68-,69+,70+/m0/s1. The SMILES string of the molecule is CCCCCCCCCCCCC(=O)OC[C@H](COP(=O)(O)OC[C@H](O)COP(=O)(O)OC[C@@H](COC(=O)CCCCCCCCCCCCC(C)CC)OC(=O)CCCCCCCCCCCCCCCCCCC(C)C)OC(=O)CCCCCCCCCCCC. The van der Waals surface area contributed by atoms with Crippen LogP contribution in [0.25, 0.3) is 0 Å². The molecule has 0 aliphatic carbocycles. The van der Waals surface area contributed by atoms with E-state index < -0.39 is 97.5 Å². The van der Waals surface area contributed by atoms with Crippen LogP contribution in [-0.4, -0.2) is 96.7 Å². The minimum atomic E-state index is -4.96. The van der Waals surface area contributed by atoms with Crippen molar-refractivity contribution in [2.24, 2.45) is 11.8 Å². The highest BCUT2D eigenvalue weighted by molar-refractivity contribution is 7.47. The first-order valence-corrected chi connectivity index (χ1v) is 41.5. The molecular formula is C74H144O17P2. The summed E-state index contributed by atoms with van der Waals surface area (Å²) < 4.78 is 68.4. The second kappa shape index (κ2) is 66.0. The Morgan fingerprint density at radius 3 is 0.817 bits per heavy atom. The first-order chi connectivity index (χ1) is 44.9. The molecule has 3 N–H and O–H groups in total. The summed E-state index contributed by atoms with van der Waals surface area (Å²) >= 11 is 0. The number of hydrogen-bond donors (Lipinski definition) is 3. The van der Waals surface area contributed by atoms with Crippen LogP contribution in [-0.2, 0) is 65.4 Å². The molecule has 552 valence electrons. The van der Waals surface area contributed by atoms with E-state index in [1.165, 1.54) is 199 Å². The van der Waals surface area contributed by atoms with E-state index >= 15 is 0 Å². The average Bonchev–Trinajstić information content (AvgIpc) is 3.42. The minimum Gasteiger partial charge on any atom is -0.462 e. The van der Waals surface area contributed by atoms with Crippen LogP contribution >= 0.6 is 15.6 Å². The molecule has 0 rings (SSSR count). The molecule has 0 radical (unpaired) electrons. The van der Waals surface area contributed by atoms with Crippen molar-refractivity contribution in [3.8, 4) is 0 Å². The second-order valence-corrected chi connectivity index (χ2v) is 30.3. The van der Waals surface area contributed by atoms with Gasteiger partial charge in [0.05, 0.1) is 26.4 Å². The quantitative estimate of drug-likeness (QED) is 0.0222. The highest BCUT2D eigenvalue weighted by Crippen LogP contribution is 2.45. The molecule has 93 heavy (non-hydrogen) atoms. The predicted molar refractivity (Wildman–Crippen MR) is 377 cm³/mol. The van der Waals surface area contributed by atoms with E-state index in [2.05, 4.69) is 41.5 Å². The number of carbonyl (C=O) groups is 4. The summed E-state index contributed by atoms with van der Waals surface area (Å²) in [5.74, 6) is -0.500. The van der Waals surface area contributed by atoms with E-state index in [1.54, 1.807) is 0 Å². The largest absolute Gasteiger partial charge is 0.472 e. The van der Waals surface area contributed by atoms with Gasteiger partial charge in [-0.1, -0.05) is 330 Å². The fourth-order valence-electron chi connectivity index (χ4n) is 11.3. The maximum Gasteiger partial charge on any atom is 0.472 e. The van der Waals surface area contributed by atoms with E-state index in [0.717, 1.165) is 102 Å². The summed E-state index contributed by atoms with van der Waals surface area (Å²) in [7, 11) is -9.90. The fraction of sp³-hybridized carbons (Fsp3) is 0.946. The van der Waals surface area contributed by atoms with Crippen molar-refractivity contribution >= 4 is 39.5 Å². The summed E-state index contributed by atoms with van der Waals surface area (Å²) in [6.45, 7) is 9.62. The monoisotopic (exact) mass is 1370 g/mol. The Morgan fingerprint density at radius 2 is 0.548 bits per heavy atom. The lowest BCUT2D eigenvalue weighted by molar-refractivity contribution is -0.161. The lowest BCUT2D eigenvalue weighted by atomic mass is 9.99. The Hall–Kier alpha value is -1.94. The Balaban J connectivity index is 5.22. The van der Waals surface area contributed by atoms with Gasteiger partial charge in [0.1, 0.15) is 19.3 Å². The molecule has 0 saturated carbocycles. The summed E-state index contributed by atoms with van der Waals surface area (Å²) in [6.07, 6.45) is 52.6. The number of esters is 4. The molecule has 0 aliphatic heterocycles. The van der Waals surface area contributed by atoms with Gasteiger partial charge in [-0.25, -0.2) is 9.13 Å². The summed E-state index contributed by atoms with van der Waals surface area (Å²) in [4.78, 5) is 72.7. The topological polar surface area (TPSA) is 237 Å². The molecule has 17 nitrogen and oxygen atoms in total. The number of hydrogen-bond acceptors (Lipinski definition) is 15. The molecule has 0 aromatic heterocycles. The van der Waals surface area contributed by atoms with Crippen molar-refractivity contribution in [3.63, 3.8) is 0 Å². The molecule has 6 atom stereocenters. The van der Waals surface area contributed by atoms with Crippen molar-refractivity contribution in [3.05, 3.63) is 0 Å². The van der Waals surface area contributed by atoms with Gasteiger partial charge in [-0.05, 0) is 37.5 Å². The Bertz CT molecular complexity index is 1810. The zero-order valence-corrected chi connectivity index (χ0v) is 62.3. The van der Waals surface area contributed by atoms with E-state index in [9.17, 15) is 43.2 Å². The molecular weight excluding hydrogens is 1220 g/mol. The van der Waals surface area contributed by atoms with Crippen molar-refractivity contribution in [1.82, 2.24) is 0 Å². The highest BCUT2D eigenvalue weighted by Gasteiger charge is 2.30. The second-order valence-electron chi connectivity index (χ2n) is 27.4. The van der Waals surface area contributed by atoms with Gasteiger partial charge < -0.3 is 33.8 Å². The van der Waals surface area contributed by atoms with Gasteiger partial charge in [0.2, 0.25) is 0 Å². The van der Waals surface area contributed by atoms with Crippen molar-refractivity contribution < 1.29 is 80.2 Å². The Kier molecular flexibility index (Phi) is 64.6. The van der Waals surface area contributed by atoms with Crippen molar-refractivity contribution in [2.45, 2.75) is 400 Å². The lowest BCUT2D eigenvalue weighted by Crippen LogP contribution is -2.30. The summed E-state index contributed by atoms with van der Waals surface area (Å²) in [5.41, 5.74) is 0. The molecule has 0 heterocycles. The van der Waals surface area contributed by atoms with E-state index in [1.807, 2.05) is 0 Å². The van der Waals surface area contributed by atoms with Crippen LogP contribution < -0.4 is 0 Å². The van der Waals surface area contributed by atoms with Crippen LogP contribution in [0.2, 0.25) is 0 Å². The molecule has 0 aromatic rings. The molecule has 3 unspecified atom stereocenters. The zero-order chi connectivity index (χ0) is 68.6. The molecule has 0 bridgehead atoms. The third kappa shape index (κ3) is 67.0. The predicted octanol–water partition coefficient (Wildman–Crippen LogP) is 21.6. The van der Waals surface area contributed by atoms with Crippen LogP contribution in [0.5, 0.6) is 0 Å². The smallest absolute Gasteiger partial charge is 0.462 e. The number of rotatable bonds is 73. The molecule has 0 fully saturated rings. The van der Waals surface area contributed by atoms with Crippen LogP contribution in [0.3, 0.4) is 0 Å². The van der Waals surface area contributed by atoms with Gasteiger partial charge in [-0.15, -0.1) is 0 Å². The first-order valence-electron chi connectivity index (χ1n) is 38.5. The summed E-state index contributed by atoms with van der Waals surface area (Å²) in [5, 5.41) is 10.6. The molecule has 0 aromatic carbocycles. The maximum absolute atomic E-state index is 13.1. The third-order valence-electron chi connectivity index (χ3n) is 17.6. The van der Waals surface area contributed by atoms with E-state index in [0.29, 0.717) is 25.7 Å². The Morgan fingerprint density at radius 1 is 0.312 bits per heavy atom. The molecule has 0 spiro atoms. The molecule has 0 aliphatic rings. The van der Waals surface area contributed by atoms with Gasteiger partial charge >= 0.3 is 39.5 Å². The molecule has 0 amide bonds. The van der Waals surface area contributed by atoms with Gasteiger partial charge in [-0.2, -0.15) is 0 Å². The van der Waals surface area contributed by atoms with Crippen LogP contribution in [0.15, 0.2) is 0 Å². The van der Waals surface area contributed by atoms with Gasteiger partial charge in [0.15, 0.2) is 12.2 Å². The number of ether oxygens (including phenoxy) is 4. The lowest BCUT2D eigenvalue weighted by Gasteiger charge is -2.21. The molecule has 19 heteroatoms. The number of carbonyl (C=O) groups excluding carboxylic acids is 4. The fourth-order valence-corrected chi connectivity index (χ4v) is 12.8. The van der Waals surface area contributed by atoms with Crippen LogP contribution in [0.1, 0.15) is 382 Å². The van der Waals surface area contributed by atoms with Gasteiger partial charge in [-0.3, -0.25) is 37.3 Å². The van der Waals surface area contributed by atoms with Crippen LogP contribution in [0.4, 0.5) is 0 Å². The zero-order valence-electron chi connectivity index (χ0n) is 60.6. The molecule has 0 saturated heterocycles. The van der Waals surface area contributed by atoms with Gasteiger partial charge in [0.25, 0.3) is 0 Å². The number of aliphatic hydroxyl groups excluding tert-OH is 1. The summed E-state index contributed by atoms with van der Waals surface area (Å²) in [6, 6.07) is 0. The maximum atomic E-state index is 13.1. The Labute approximate surface area is 568 Å². The normalized spacial score (nSPS) is 14.3. The van der Waals surface area contributed by atoms with Crippen LogP contribution in [0, 0.1) is 11.8 Å². The third-order valence-corrected chi connectivity index (χ3v) is 19.5. The van der Waals surface area contributed by atoms with E-state index in [-0.39, 0.29) is 25.7 Å². The van der Waals surface area contributed by atoms with E-state index in [4.69, 9.17) is 37.0 Å². The number of unbranched alkanes of at least 4 members (excludes halogenated alkanes) is 42. The number of aliphatic hydroxyl groups is 1.